The highest BCUT2D eigenvalue weighted by Crippen LogP contribution is 2.30. The van der Waals surface area contributed by atoms with E-state index in [1.807, 2.05) is 0 Å². The van der Waals surface area contributed by atoms with Crippen molar-refractivity contribution in [3.8, 4) is 5.88 Å². The van der Waals surface area contributed by atoms with Crippen molar-refractivity contribution < 1.29 is 4.74 Å². The molecule has 1 rings (SSSR count). The number of nitrogen functional groups attached to an aromatic ring is 1. The van der Waals surface area contributed by atoms with Gasteiger partial charge in [-0.25, -0.2) is 4.98 Å². The number of nitrogens with two attached hydrogens (primary N) is 1. The maximum absolute atomic E-state index is 6.18. The molecule has 0 saturated carbocycles. The van der Waals surface area contributed by atoms with Gasteiger partial charge in [0, 0.05) is 12.0 Å². The Balaban J connectivity index is 2.94. The third kappa shape index (κ3) is 5.70. The van der Waals surface area contributed by atoms with E-state index < -0.39 is 0 Å². The minimum Gasteiger partial charge on any atom is -0.476 e. The summed E-state index contributed by atoms with van der Waals surface area (Å²) in [7, 11) is 0. The van der Waals surface area contributed by atoms with Gasteiger partial charge in [-0.15, -0.1) is 0 Å². The molecule has 1 aromatic rings. The van der Waals surface area contributed by atoms with E-state index in [-0.39, 0.29) is 5.41 Å². The van der Waals surface area contributed by atoms with Gasteiger partial charge in [0.25, 0.3) is 0 Å². The molecule has 22 heavy (non-hydrogen) atoms. The smallest absolute Gasteiger partial charge is 0.242 e. The number of hydrogen-bond donors (Lipinski definition) is 2. The van der Waals surface area contributed by atoms with E-state index >= 15 is 0 Å². The molecule has 0 fully saturated rings. The number of nitrogens with one attached hydrogen (secondary N) is 1. The molecular formula is C17H32N4O. The Hall–Kier alpha value is -1.52. The van der Waals surface area contributed by atoms with Gasteiger partial charge in [0.15, 0.2) is 5.82 Å². The second-order valence-electron chi connectivity index (χ2n) is 6.70. The number of nitrogens with zero attached hydrogens (tertiary/aromatic N) is 2. The van der Waals surface area contributed by atoms with Crippen molar-refractivity contribution in [3.05, 3.63) is 5.82 Å². The van der Waals surface area contributed by atoms with Gasteiger partial charge in [-0.3, -0.25) is 0 Å². The number of aromatic nitrogens is 2. The molecule has 0 atom stereocenters. The van der Waals surface area contributed by atoms with Gasteiger partial charge in [-0.1, -0.05) is 53.9 Å². The minimum absolute atomic E-state index is 0.142. The van der Waals surface area contributed by atoms with Crippen molar-refractivity contribution in [1.29, 1.82) is 0 Å². The molecule has 0 aliphatic rings. The van der Waals surface area contributed by atoms with E-state index in [1.54, 1.807) is 0 Å². The molecule has 5 heteroatoms. The first-order valence-corrected chi connectivity index (χ1v) is 8.44. The van der Waals surface area contributed by atoms with Crippen molar-refractivity contribution in [2.45, 2.75) is 72.1 Å². The van der Waals surface area contributed by atoms with E-state index in [1.165, 1.54) is 12.8 Å². The monoisotopic (exact) mass is 308 g/mol. The van der Waals surface area contributed by atoms with Crippen LogP contribution in [0.2, 0.25) is 0 Å². The van der Waals surface area contributed by atoms with Crippen molar-refractivity contribution in [2.24, 2.45) is 0 Å². The highest BCUT2D eigenvalue weighted by atomic mass is 16.5. The molecule has 0 aliphatic heterocycles. The first-order chi connectivity index (χ1) is 10.4. The molecule has 0 spiro atoms. The largest absolute Gasteiger partial charge is 0.476 e. The van der Waals surface area contributed by atoms with Crippen LogP contribution in [0.4, 0.5) is 11.5 Å². The SMILES string of the molecule is CCCCCNc1nc(C(C)(C)C)nc(OCCCC)c1N. The van der Waals surface area contributed by atoms with Crippen LogP contribution in [-0.2, 0) is 5.41 Å². The van der Waals surface area contributed by atoms with Crippen molar-refractivity contribution >= 4 is 11.5 Å². The number of rotatable bonds is 9. The van der Waals surface area contributed by atoms with E-state index in [9.17, 15) is 0 Å². The van der Waals surface area contributed by atoms with Gasteiger partial charge in [0.05, 0.1) is 6.61 Å². The molecule has 0 bridgehead atoms. The van der Waals surface area contributed by atoms with Crippen LogP contribution in [0.3, 0.4) is 0 Å². The van der Waals surface area contributed by atoms with E-state index in [0.717, 1.165) is 31.6 Å². The molecule has 5 nitrogen and oxygen atoms in total. The molecule has 1 aromatic heterocycles. The zero-order valence-corrected chi connectivity index (χ0v) is 14.8. The second kappa shape index (κ2) is 8.81. The number of anilines is 2. The van der Waals surface area contributed by atoms with Crippen LogP contribution in [0, 0.1) is 0 Å². The summed E-state index contributed by atoms with van der Waals surface area (Å²) in [5.74, 6) is 1.96. The minimum atomic E-state index is -0.142. The summed E-state index contributed by atoms with van der Waals surface area (Å²) in [6, 6.07) is 0. The third-order valence-electron chi connectivity index (χ3n) is 3.39. The Morgan fingerprint density at radius 3 is 2.32 bits per heavy atom. The molecule has 0 unspecified atom stereocenters. The Kier molecular flexibility index (Phi) is 7.42. The molecule has 0 radical (unpaired) electrons. The Morgan fingerprint density at radius 2 is 1.73 bits per heavy atom. The molecule has 0 aliphatic carbocycles. The standard InChI is InChI=1S/C17H32N4O/c1-6-8-10-11-19-14-13(18)15(22-12-9-7-2)21-16(20-14)17(3,4)5/h6-12,18H2,1-5H3,(H,19,20,21). The average molecular weight is 308 g/mol. The first kappa shape index (κ1) is 18.5. The fourth-order valence-electron chi connectivity index (χ4n) is 1.92. The van der Waals surface area contributed by atoms with Crippen LogP contribution in [0.5, 0.6) is 5.88 Å². The molecule has 0 amide bonds. The zero-order chi connectivity index (χ0) is 16.6. The van der Waals surface area contributed by atoms with Gasteiger partial charge in [-0.2, -0.15) is 4.98 Å². The van der Waals surface area contributed by atoms with Gasteiger partial charge in [0.1, 0.15) is 11.5 Å². The summed E-state index contributed by atoms with van der Waals surface area (Å²) in [4.78, 5) is 9.12. The fraction of sp³-hybridized carbons (Fsp3) is 0.765. The molecule has 3 N–H and O–H groups in total. The van der Waals surface area contributed by atoms with Crippen LogP contribution in [0.15, 0.2) is 0 Å². The van der Waals surface area contributed by atoms with Crippen LogP contribution in [-0.4, -0.2) is 23.1 Å². The summed E-state index contributed by atoms with van der Waals surface area (Å²) in [6.45, 7) is 12.1. The van der Waals surface area contributed by atoms with Crippen LogP contribution < -0.4 is 15.8 Å². The predicted octanol–water partition coefficient (Wildman–Crippen LogP) is 4.14. The van der Waals surface area contributed by atoms with Gasteiger partial charge in [0.2, 0.25) is 5.88 Å². The lowest BCUT2D eigenvalue weighted by Crippen LogP contribution is -2.20. The summed E-state index contributed by atoms with van der Waals surface area (Å²) in [5.41, 5.74) is 6.55. The maximum atomic E-state index is 6.18. The number of ether oxygens (including phenoxy) is 1. The molecular weight excluding hydrogens is 276 g/mol. The van der Waals surface area contributed by atoms with Crippen molar-refractivity contribution in [1.82, 2.24) is 9.97 Å². The summed E-state index contributed by atoms with van der Waals surface area (Å²) < 4.78 is 5.77. The van der Waals surface area contributed by atoms with Gasteiger partial charge in [-0.05, 0) is 12.8 Å². The third-order valence-corrected chi connectivity index (χ3v) is 3.39. The maximum Gasteiger partial charge on any atom is 0.242 e. The Bertz CT molecular complexity index is 455. The van der Waals surface area contributed by atoms with Gasteiger partial charge >= 0.3 is 0 Å². The van der Waals surface area contributed by atoms with Crippen LogP contribution in [0.25, 0.3) is 0 Å². The first-order valence-electron chi connectivity index (χ1n) is 8.44. The highest BCUT2D eigenvalue weighted by Gasteiger charge is 2.22. The Labute approximate surface area is 135 Å². The second-order valence-corrected chi connectivity index (χ2v) is 6.70. The lowest BCUT2D eigenvalue weighted by Gasteiger charge is -2.20. The molecule has 1 heterocycles. The fourth-order valence-corrected chi connectivity index (χ4v) is 1.92. The topological polar surface area (TPSA) is 73.1 Å². The summed E-state index contributed by atoms with van der Waals surface area (Å²) >= 11 is 0. The lowest BCUT2D eigenvalue weighted by atomic mass is 9.96. The zero-order valence-electron chi connectivity index (χ0n) is 14.8. The van der Waals surface area contributed by atoms with Crippen molar-refractivity contribution in [2.75, 3.05) is 24.2 Å². The molecule has 126 valence electrons. The van der Waals surface area contributed by atoms with Crippen LogP contribution >= 0.6 is 0 Å². The quantitative estimate of drug-likeness (QED) is 0.671. The molecule has 0 saturated heterocycles. The van der Waals surface area contributed by atoms with E-state index in [4.69, 9.17) is 10.5 Å². The summed E-state index contributed by atoms with van der Waals surface area (Å²) in [5, 5.41) is 3.33. The number of unbranched alkanes of at least 4 members (excludes halogenated alkanes) is 3. The lowest BCUT2D eigenvalue weighted by molar-refractivity contribution is 0.296. The molecule has 0 aromatic carbocycles. The number of hydrogen-bond acceptors (Lipinski definition) is 5. The van der Waals surface area contributed by atoms with Crippen molar-refractivity contribution in [3.63, 3.8) is 0 Å². The van der Waals surface area contributed by atoms with E-state index in [2.05, 4.69) is 49.9 Å². The van der Waals surface area contributed by atoms with E-state index in [0.29, 0.717) is 24.0 Å². The van der Waals surface area contributed by atoms with Crippen LogP contribution in [0.1, 0.15) is 72.5 Å². The normalized spacial score (nSPS) is 11.5. The average Bonchev–Trinajstić information content (AvgIpc) is 2.45. The predicted molar refractivity (Wildman–Crippen MR) is 93.6 cm³/mol. The Morgan fingerprint density at radius 1 is 1.05 bits per heavy atom. The van der Waals surface area contributed by atoms with Gasteiger partial charge < -0.3 is 15.8 Å². The summed E-state index contributed by atoms with van der Waals surface area (Å²) in [6.07, 6.45) is 5.58. The highest BCUT2D eigenvalue weighted by molar-refractivity contribution is 5.67.